The third-order valence-corrected chi connectivity index (χ3v) is 6.32. The van der Waals surface area contributed by atoms with Crippen molar-refractivity contribution in [1.82, 2.24) is 20.4 Å². The molecule has 1 aliphatic carbocycles. The molecule has 0 bridgehead atoms. The summed E-state index contributed by atoms with van der Waals surface area (Å²) < 4.78 is 40.2. The first-order valence-corrected chi connectivity index (χ1v) is 11.1. The van der Waals surface area contributed by atoms with Gasteiger partial charge in [-0.15, -0.1) is 22.6 Å². The number of carbonyl (C=O) groups excluding carboxylic acids is 1. The molecule has 1 atom stereocenters. The van der Waals surface area contributed by atoms with E-state index in [9.17, 15) is 18.0 Å². The molecule has 1 saturated carbocycles. The van der Waals surface area contributed by atoms with Crippen molar-refractivity contribution in [2.45, 2.75) is 38.4 Å². The average molecular weight is 484 g/mol. The number of aromatic nitrogens is 2. The maximum absolute atomic E-state index is 13.4. The van der Waals surface area contributed by atoms with Crippen molar-refractivity contribution in [3.05, 3.63) is 53.2 Å². The van der Waals surface area contributed by atoms with Gasteiger partial charge < -0.3 is 10.2 Å². The van der Waals surface area contributed by atoms with Gasteiger partial charge in [-0.2, -0.15) is 13.2 Å². The number of alkyl halides is 3. The largest absolute Gasteiger partial charge is 0.416 e. The molecular weight excluding hydrogens is 455 g/mol. The van der Waals surface area contributed by atoms with Crippen molar-refractivity contribution in [1.29, 1.82) is 0 Å². The Morgan fingerprint density at radius 3 is 2.39 bits per heavy atom. The van der Waals surface area contributed by atoms with Gasteiger partial charge in [0.25, 0.3) is 5.91 Å². The average Bonchev–Trinajstić information content (AvgIpc) is 3.63. The zero-order chi connectivity index (χ0) is 22.7. The summed E-state index contributed by atoms with van der Waals surface area (Å²) in [5.74, 6) is 1.21. The first kappa shape index (κ1) is 25.2. The number of benzene rings is 1. The normalized spacial score (nSPS) is 17.9. The minimum absolute atomic E-state index is 0. The minimum atomic E-state index is -4.37. The summed E-state index contributed by atoms with van der Waals surface area (Å²) in [5, 5.41) is 11.1. The molecule has 1 unspecified atom stereocenters. The van der Waals surface area contributed by atoms with E-state index in [4.69, 9.17) is 0 Å². The molecule has 1 N–H and O–H groups in total. The van der Waals surface area contributed by atoms with Crippen LogP contribution in [-0.2, 0) is 6.18 Å². The van der Waals surface area contributed by atoms with Crippen molar-refractivity contribution in [2.75, 3.05) is 37.6 Å². The molecule has 1 aromatic heterocycles. The Morgan fingerprint density at radius 2 is 1.79 bits per heavy atom. The van der Waals surface area contributed by atoms with E-state index in [1.165, 1.54) is 18.9 Å². The number of rotatable bonds is 7. The third-order valence-electron chi connectivity index (χ3n) is 6.32. The second kappa shape index (κ2) is 10.7. The van der Waals surface area contributed by atoms with Gasteiger partial charge in [0.15, 0.2) is 11.5 Å². The van der Waals surface area contributed by atoms with E-state index in [0.29, 0.717) is 49.8 Å². The number of anilines is 1. The Hall–Kier alpha value is -2.39. The summed E-state index contributed by atoms with van der Waals surface area (Å²) in [7, 11) is 0. The summed E-state index contributed by atoms with van der Waals surface area (Å²) in [6.45, 7) is 4.94. The van der Waals surface area contributed by atoms with Crippen molar-refractivity contribution in [2.24, 2.45) is 5.92 Å². The van der Waals surface area contributed by atoms with Gasteiger partial charge in [-0.1, -0.05) is 31.0 Å². The highest BCUT2D eigenvalue weighted by Crippen LogP contribution is 2.36. The number of nitrogens with zero attached hydrogens (tertiary/aromatic N) is 4. The van der Waals surface area contributed by atoms with Crippen LogP contribution < -0.4 is 10.2 Å². The maximum atomic E-state index is 13.4. The molecule has 2 heterocycles. The molecule has 1 aliphatic heterocycles. The molecule has 2 aromatic rings. The molecular formula is C23H29ClF3N5O. The lowest BCUT2D eigenvalue weighted by Crippen LogP contribution is -2.47. The lowest BCUT2D eigenvalue weighted by atomic mass is 9.99. The number of amides is 1. The SMILES string of the molecule is CC(c1ccccc1C(F)(F)F)N1CCN(c2ccc(C(=O)NCCC3CC3)nn2)CC1.Cl. The molecule has 33 heavy (non-hydrogen) atoms. The first-order valence-electron chi connectivity index (χ1n) is 11.1. The van der Waals surface area contributed by atoms with Crippen LogP contribution in [-0.4, -0.2) is 53.7 Å². The van der Waals surface area contributed by atoms with Crippen LogP contribution in [0.25, 0.3) is 0 Å². The Bertz CT molecular complexity index is 928. The van der Waals surface area contributed by atoms with Crippen LogP contribution >= 0.6 is 12.4 Å². The fraction of sp³-hybridized carbons (Fsp3) is 0.522. The monoisotopic (exact) mass is 483 g/mol. The van der Waals surface area contributed by atoms with Crippen LogP contribution in [0.1, 0.15) is 53.8 Å². The molecule has 10 heteroatoms. The molecule has 0 radical (unpaired) electrons. The smallest absolute Gasteiger partial charge is 0.353 e. The van der Waals surface area contributed by atoms with E-state index in [2.05, 4.69) is 20.4 Å². The zero-order valence-corrected chi connectivity index (χ0v) is 19.3. The number of halogens is 4. The van der Waals surface area contributed by atoms with Crippen molar-refractivity contribution >= 4 is 24.1 Å². The van der Waals surface area contributed by atoms with Crippen molar-refractivity contribution in [3.63, 3.8) is 0 Å². The van der Waals surface area contributed by atoms with Crippen molar-refractivity contribution < 1.29 is 18.0 Å². The highest BCUT2D eigenvalue weighted by atomic mass is 35.5. The van der Waals surface area contributed by atoms with Crippen LogP contribution in [0.4, 0.5) is 19.0 Å². The van der Waals surface area contributed by atoms with Crippen LogP contribution in [0.5, 0.6) is 0 Å². The van der Waals surface area contributed by atoms with Gasteiger partial charge >= 0.3 is 6.18 Å². The van der Waals surface area contributed by atoms with Gasteiger partial charge in [0.05, 0.1) is 5.56 Å². The van der Waals surface area contributed by atoms with E-state index in [0.717, 1.165) is 18.4 Å². The molecule has 2 aliphatic rings. The van der Waals surface area contributed by atoms with E-state index in [1.54, 1.807) is 24.3 Å². The highest BCUT2D eigenvalue weighted by molar-refractivity contribution is 5.92. The van der Waals surface area contributed by atoms with Crippen LogP contribution in [0, 0.1) is 5.92 Å². The van der Waals surface area contributed by atoms with Gasteiger partial charge in [0.2, 0.25) is 0 Å². The second-order valence-corrected chi connectivity index (χ2v) is 8.55. The summed E-state index contributed by atoms with van der Waals surface area (Å²) in [5.41, 5.74) is 0.0117. The Morgan fingerprint density at radius 1 is 1.09 bits per heavy atom. The van der Waals surface area contributed by atoms with Gasteiger partial charge in [0, 0.05) is 38.8 Å². The highest BCUT2D eigenvalue weighted by Gasteiger charge is 2.35. The quantitative estimate of drug-likeness (QED) is 0.635. The fourth-order valence-electron chi connectivity index (χ4n) is 4.16. The van der Waals surface area contributed by atoms with E-state index >= 15 is 0 Å². The first-order chi connectivity index (χ1) is 15.3. The van der Waals surface area contributed by atoms with Gasteiger partial charge in [-0.3, -0.25) is 9.69 Å². The molecule has 1 amide bonds. The van der Waals surface area contributed by atoms with E-state index in [-0.39, 0.29) is 24.4 Å². The van der Waals surface area contributed by atoms with Gasteiger partial charge in [-0.25, -0.2) is 0 Å². The number of carbonyl (C=O) groups is 1. The second-order valence-electron chi connectivity index (χ2n) is 8.55. The van der Waals surface area contributed by atoms with Crippen LogP contribution in [0.2, 0.25) is 0 Å². The Balaban J connectivity index is 0.00000306. The van der Waals surface area contributed by atoms with Crippen LogP contribution in [0.15, 0.2) is 36.4 Å². The predicted octanol–water partition coefficient (Wildman–Crippen LogP) is 4.33. The topological polar surface area (TPSA) is 61.4 Å². The minimum Gasteiger partial charge on any atom is -0.353 e. The third kappa shape index (κ3) is 6.35. The van der Waals surface area contributed by atoms with Crippen LogP contribution in [0.3, 0.4) is 0 Å². The van der Waals surface area contributed by atoms with Gasteiger partial charge in [-0.05, 0) is 43.0 Å². The molecule has 1 aromatic carbocycles. The fourth-order valence-corrected chi connectivity index (χ4v) is 4.16. The number of piperazine rings is 1. The zero-order valence-electron chi connectivity index (χ0n) is 18.5. The van der Waals surface area contributed by atoms with Gasteiger partial charge in [0.1, 0.15) is 0 Å². The maximum Gasteiger partial charge on any atom is 0.416 e. The van der Waals surface area contributed by atoms with E-state index in [1.807, 2.05) is 11.8 Å². The molecule has 180 valence electrons. The molecule has 4 rings (SSSR count). The summed E-state index contributed by atoms with van der Waals surface area (Å²) in [4.78, 5) is 16.3. The lowest BCUT2D eigenvalue weighted by molar-refractivity contribution is -0.138. The summed E-state index contributed by atoms with van der Waals surface area (Å²) >= 11 is 0. The van der Waals surface area contributed by atoms with Crippen molar-refractivity contribution in [3.8, 4) is 0 Å². The number of hydrogen-bond donors (Lipinski definition) is 1. The Labute approximate surface area is 198 Å². The predicted molar refractivity (Wildman–Crippen MR) is 123 cm³/mol. The number of nitrogens with one attached hydrogen (secondary N) is 1. The molecule has 6 nitrogen and oxygen atoms in total. The Kier molecular flexibility index (Phi) is 8.18. The van der Waals surface area contributed by atoms with E-state index < -0.39 is 11.7 Å². The molecule has 2 fully saturated rings. The summed E-state index contributed by atoms with van der Waals surface area (Å²) in [6, 6.07) is 8.87. The lowest BCUT2D eigenvalue weighted by Gasteiger charge is -2.39. The number of hydrogen-bond acceptors (Lipinski definition) is 5. The summed E-state index contributed by atoms with van der Waals surface area (Å²) in [6.07, 6.45) is -0.849. The standard InChI is InChI=1S/C23H28F3N5O.ClH/c1-16(18-4-2-3-5-19(18)23(24,25)26)30-12-14-31(15-13-30)21-9-8-20(28-29-21)22(32)27-11-10-17-6-7-17;/h2-5,8-9,16-17H,6-7,10-15H2,1H3,(H,27,32);1H. The molecule has 1 saturated heterocycles. The molecule has 0 spiro atoms.